The highest BCUT2D eigenvalue weighted by Gasteiger charge is 2.81. The van der Waals surface area contributed by atoms with Gasteiger partial charge in [-0.25, -0.2) is 4.79 Å². The van der Waals surface area contributed by atoms with Gasteiger partial charge in [-0.3, -0.25) is 24.5 Å². The van der Waals surface area contributed by atoms with Crippen molar-refractivity contribution in [1.29, 1.82) is 0 Å². The van der Waals surface area contributed by atoms with Crippen molar-refractivity contribution in [3.05, 3.63) is 4.91 Å². The number of urea groups is 1. The number of hydrogen-bond donors (Lipinski definition) is 4. The van der Waals surface area contributed by atoms with Crippen LogP contribution in [0.4, 0.5) is 4.79 Å². The molecule has 1 fully saturated rings. The first-order chi connectivity index (χ1) is 15.2. The number of alkyl halides is 1. The molecule has 0 bridgehead atoms. The summed E-state index contributed by atoms with van der Waals surface area (Å²) >= 11 is 5.50. The highest BCUT2D eigenvalue weighted by molar-refractivity contribution is 6.18. The van der Waals surface area contributed by atoms with Crippen molar-refractivity contribution in [2.75, 3.05) is 19.0 Å². The molecule has 16 heteroatoms. The molecule has 0 aliphatic carbocycles. The Morgan fingerprint density at radius 3 is 2.00 bits per heavy atom. The summed E-state index contributed by atoms with van der Waals surface area (Å²) in [5.41, 5.74) is -6.98. The number of carbonyl (C=O) groups is 5. The quantitative estimate of drug-likeness (QED) is 0.0901. The molecule has 0 aromatic heterocycles. The monoisotopic (exact) mass is 497 g/mol. The van der Waals surface area contributed by atoms with Crippen LogP contribution >= 0.6 is 11.6 Å². The summed E-state index contributed by atoms with van der Waals surface area (Å²) in [6.07, 6.45) is -4.43. The largest absolute Gasteiger partial charge is 0.427 e. The van der Waals surface area contributed by atoms with E-state index in [0.29, 0.717) is 13.8 Å². The molecule has 33 heavy (non-hydrogen) atoms. The third-order valence-electron chi connectivity index (χ3n) is 4.77. The van der Waals surface area contributed by atoms with Crippen LogP contribution in [0, 0.1) is 4.91 Å². The van der Waals surface area contributed by atoms with Gasteiger partial charge in [-0.05, 0) is 6.92 Å². The summed E-state index contributed by atoms with van der Waals surface area (Å²) in [7, 11) is 0. The van der Waals surface area contributed by atoms with Gasteiger partial charge in [0.1, 0.15) is 12.2 Å². The van der Waals surface area contributed by atoms with Crippen LogP contribution in [0.1, 0.15) is 27.7 Å². The molecule has 1 unspecified atom stereocenters. The fraction of sp³-hybridized carbons (Fsp3) is 0.706. The van der Waals surface area contributed by atoms with Gasteiger partial charge in [0.25, 0.3) is 5.72 Å². The molecule has 1 rings (SSSR count). The number of nitroso groups, excluding NO2 is 1. The fourth-order valence-electron chi connectivity index (χ4n) is 3.42. The molecule has 0 radical (unpaired) electrons. The van der Waals surface area contributed by atoms with Crippen molar-refractivity contribution in [2.45, 2.75) is 57.0 Å². The smallest absolute Gasteiger partial charge is 0.343 e. The number of nitrogens with zero attached hydrogens (tertiary/aromatic N) is 2. The van der Waals surface area contributed by atoms with Gasteiger partial charge >= 0.3 is 23.8 Å². The first-order valence-corrected chi connectivity index (χ1v) is 9.83. The fourth-order valence-corrected chi connectivity index (χ4v) is 3.58. The van der Waals surface area contributed by atoms with Crippen molar-refractivity contribution < 1.29 is 53.5 Å². The second-order valence-corrected chi connectivity index (χ2v) is 7.35. The van der Waals surface area contributed by atoms with Crippen molar-refractivity contribution in [3.63, 3.8) is 0 Å². The molecule has 186 valence electrons. The van der Waals surface area contributed by atoms with Crippen LogP contribution in [0.15, 0.2) is 5.29 Å². The molecule has 5 atom stereocenters. The topological polar surface area (TPSA) is 218 Å². The summed E-state index contributed by atoms with van der Waals surface area (Å²) < 4.78 is 15.3. The van der Waals surface area contributed by atoms with Crippen LogP contribution in [0.2, 0.25) is 0 Å². The average molecular weight is 498 g/mol. The Bertz CT molecular complexity index is 840. The molecule has 1 saturated heterocycles. The number of halogens is 1. The first kappa shape index (κ1) is 28.3. The number of amides is 2. The van der Waals surface area contributed by atoms with Gasteiger partial charge in [0.15, 0.2) is 5.78 Å². The molecule has 2 amide bonds. The number of carbonyl (C=O) groups excluding carboxylic acids is 5. The standard InChI is InChI=1S/C17H24ClN3O12/c1-8(23)15(29)13(27)12(7-22)33-16(9(2)24,31-10(3)25)17(15,32-11(4)26)19-14(28)21(20-30)6-5-18/h12-13,22,27,29H,5-7H2,1-4H3,(H,19,28)/t12-,13-,15+,16?,17+/m1/s1. The van der Waals surface area contributed by atoms with Gasteiger partial charge in [-0.15, -0.1) is 16.5 Å². The lowest BCUT2D eigenvalue weighted by atomic mass is 9.71. The van der Waals surface area contributed by atoms with Crippen LogP contribution < -0.4 is 5.32 Å². The van der Waals surface area contributed by atoms with E-state index >= 15 is 0 Å². The third-order valence-corrected chi connectivity index (χ3v) is 4.94. The Morgan fingerprint density at radius 1 is 1.09 bits per heavy atom. The van der Waals surface area contributed by atoms with Crippen LogP contribution in [-0.4, -0.2) is 98.2 Å². The Morgan fingerprint density at radius 2 is 1.64 bits per heavy atom. The number of hydrogen-bond acceptors (Lipinski definition) is 13. The predicted octanol–water partition coefficient (Wildman–Crippen LogP) is -1.90. The second-order valence-electron chi connectivity index (χ2n) is 6.97. The van der Waals surface area contributed by atoms with Gasteiger partial charge in [0, 0.05) is 26.7 Å². The molecule has 15 nitrogen and oxygen atoms in total. The summed E-state index contributed by atoms with van der Waals surface area (Å²) in [5.74, 6) is -9.09. The first-order valence-electron chi connectivity index (χ1n) is 9.29. The normalized spacial score (nSPS) is 31.2. The van der Waals surface area contributed by atoms with Gasteiger partial charge in [0.05, 0.1) is 18.4 Å². The van der Waals surface area contributed by atoms with Gasteiger partial charge < -0.3 is 29.5 Å². The molecule has 1 aliphatic heterocycles. The maximum Gasteiger partial charge on any atom is 0.343 e. The third kappa shape index (κ3) is 4.67. The van der Waals surface area contributed by atoms with Crippen molar-refractivity contribution in [3.8, 4) is 0 Å². The predicted molar refractivity (Wildman–Crippen MR) is 105 cm³/mol. The molecule has 0 spiro atoms. The van der Waals surface area contributed by atoms with Gasteiger partial charge in [-0.1, -0.05) is 0 Å². The minimum absolute atomic E-state index is 0.127. The highest BCUT2D eigenvalue weighted by atomic mass is 35.5. The second kappa shape index (κ2) is 10.5. The number of Topliss-reactive ketones (excluding diaryl/α,β-unsaturated/α-hetero) is 2. The number of esters is 2. The van der Waals surface area contributed by atoms with E-state index in [9.17, 15) is 44.2 Å². The SMILES string of the molecule is CC(=O)OC1(C(C)=O)O[C@H](CO)[C@@H](O)[C@@](O)(C(C)=O)[C@]1(NC(=O)N(CCCl)N=O)OC(C)=O. The van der Waals surface area contributed by atoms with E-state index in [1.807, 2.05) is 0 Å². The molecule has 0 aromatic rings. The number of aliphatic hydroxyl groups is 3. The number of rotatable bonds is 9. The Hall–Kier alpha value is -2.72. The van der Waals surface area contributed by atoms with E-state index in [0.717, 1.165) is 13.8 Å². The van der Waals surface area contributed by atoms with E-state index < -0.39 is 72.0 Å². The van der Waals surface area contributed by atoms with Gasteiger partial charge in [0.2, 0.25) is 11.4 Å². The molecular formula is C17H24ClN3O12. The number of aliphatic hydroxyl groups excluding tert-OH is 2. The summed E-state index contributed by atoms with van der Waals surface area (Å²) in [5, 5.41) is 36.0. The van der Waals surface area contributed by atoms with Crippen molar-refractivity contribution in [1.82, 2.24) is 10.3 Å². The Kier molecular flexibility index (Phi) is 8.99. The van der Waals surface area contributed by atoms with E-state index in [-0.39, 0.29) is 10.9 Å². The van der Waals surface area contributed by atoms with Crippen LogP contribution in [-0.2, 0) is 33.4 Å². The summed E-state index contributed by atoms with van der Waals surface area (Å²) in [4.78, 5) is 73.4. The molecular weight excluding hydrogens is 474 g/mol. The summed E-state index contributed by atoms with van der Waals surface area (Å²) in [6, 6.07) is -1.59. The van der Waals surface area contributed by atoms with Gasteiger partial charge in [-0.2, -0.15) is 5.01 Å². The van der Waals surface area contributed by atoms with Crippen LogP contribution in [0.25, 0.3) is 0 Å². The molecule has 4 N–H and O–H groups in total. The Labute approximate surface area is 191 Å². The summed E-state index contributed by atoms with van der Waals surface area (Å²) in [6.45, 7) is 1.23. The Balaban J connectivity index is 4.12. The lowest BCUT2D eigenvalue weighted by Crippen LogP contribution is -2.89. The number of ether oxygens (including phenoxy) is 3. The van der Waals surface area contributed by atoms with Crippen molar-refractivity contribution >= 4 is 41.1 Å². The minimum atomic E-state index is -3.51. The van der Waals surface area contributed by atoms with E-state index in [1.54, 1.807) is 5.32 Å². The van der Waals surface area contributed by atoms with Crippen LogP contribution in [0.5, 0.6) is 0 Å². The zero-order valence-corrected chi connectivity index (χ0v) is 18.8. The van der Waals surface area contributed by atoms with E-state index in [1.165, 1.54) is 0 Å². The zero-order valence-electron chi connectivity index (χ0n) is 18.1. The van der Waals surface area contributed by atoms with Crippen molar-refractivity contribution in [2.24, 2.45) is 5.29 Å². The van der Waals surface area contributed by atoms with E-state index in [4.69, 9.17) is 25.8 Å². The molecule has 0 saturated carbocycles. The molecule has 1 aliphatic rings. The maximum atomic E-state index is 12.8. The maximum absolute atomic E-state index is 12.8. The minimum Gasteiger partial charge on any atom is -0.427 e. The average Bonchev–Trinajstić information content (AvgIpc) is 2.71. The molecule has 0 aromatic carbocycles. The highest BCUT2D eigenvalue weighted by Crippen LogP contribution is 2.48. The van der Waals surface area contributed by atoms with E-state index in [2.05, 4.69) is 5.29 Å². The van der Waals surface area contributed by atoms with Crippen LogP contribution in [0.3, 0.4) is 0 Å². The lowest BCUT2D eigenvalue weighted by molar-refractivity contribution is -0.393. The number of ketones is 2. The zero-order chi connectivity index (χ0) is 25.8. The lowest BCUT2D eigenvalue weighted by Gasteiger charge is -2.58. The molecule has 1 heterocycles. The number of nitrogens with one attached hydrogen (secondary N) is 1.